The van der Waals surface area contributed by atoms with Gasteiger partial charge in [0.15, 0.2) is 0 Å². The first-order chi connectivity index (χ1) is 10.1. The van der Waals surface area contributed by atoms with Crippen molar-refractivity contribution < 1.29 is 14.7 Å². The van der Waals surface area contributed by atoms with Gasteiger partial charge in [-0.2, -0.15) is 0 Å². The summed E-state index contributed by atoms with van der Waals surface area (Å²) in [5, 5.41) is 14.6. The molecule has 2 aromatic rings. The molecule has 0 saturated carbocycles. The fourth-order valence-corrected chi connectivity index (χ4v) is 4.74. The predicted molar refractivity (Wildman–Crippen MR) is 84.9 cm³/mol. The quantitative estimate of drug-likeness (QED) is 0.899. The second-order valence-electron chi connectivity index (χ2n) is 5.11. The van der Waals surface area contributed by atoms with Crippen molar-refractivity contribution in [1.29, 1.82) is 0 Å². The number of amides is 1. The Bertz CT molecular complexity index is 715. The monoisotopic (exact) mass is 321 g/mol. The highest BCUT2D eigenvalue weighted by atomic mass is 32.1. The van der Waals surface area contributed by atoms with E-state index in [4.69, 9.17) is 0 Å². The van der Waals surface area contributed by atoms with Crippen LogP contribution >= 0.6 is 22.7 Å². The molecule has 2 heterocycles. The fourth-order valence-electron chi connectivity index (χ4n) is 2.65. The van der Waals surface area contributed by atoms with Gasteiger partial charge in [-0.3, -0.25) is 4.79 Å². The number of aryl methyl sites for hydroxylation is 2. The number of nitrogens with one attached hydrogen (secondary N) is 1. The van der Waals surface area contributed by atoms with Gasteiger partial charge in [-0.05, 0) is 55.2 Å². The molecule has 2 aromatic heterocycles. The molecule has 1 aliphatic carbocycles. The molecule has 4 nitrogen and oxygen atoms in total. The highest BCUT2D eigenvalue weighted by Gasteiger charge is 2.26. The molecule has 0 spiro atoms. The van der Waals surface area contributed by atoms with Crippen LogP contribution in [0.2, 0.25) is 0 Å². The molecule has 0 bridgehead atoms. The first kappa shape index (κ1) is 14.3. The molecule has 0 atom stereocenters. The van der Waals surface area contributed by atoms with Crippen LogP contribution in [-0.4, -0.2) is 17.0 Å². The van der Waals surface area contributed by atoms with Crippen molar-refractivity contribution in [2.45, 2.75) is 32.6 Å². The summed E-state index contributed by atoms with van der Waals surface area (Å²) in [5.74, 6) is -1.17. The highest BCUT2D eigenvalue weighted by molar-refractivity contribution is 7.17. The SMILES string of the molecule is Cc1ccsc1C(=O)Nc1sc2c(c1C(=O)O)CCCC2. The number of aromatic carboxylic acids is 1. The standard InChI is InChI=1S/C15H15NO3S2/c1-8-6-7-20-12(8)13(17)16-14-11(15(18)19)9-4-2-3-5-10(9)21-14/h6-7H,2-5H2,1H3,(H,16,17)(H,18,19). The molecule has 1 aliphatic rings. The molecule has 2 N–H and O–H groups in total. The minimum atomic E-state index is -0.951. The summed E-state index contributed by atoms with van der Waals surface area (Å²) in [5.41, 5.74) is 2.12. The second-order valence-corrected chi connectivity index (χ2v) is 7.13. The number of hydrogen-bond donors (Lipinski definition) is 2. The van der Waals surface area contributed by atoms with E-state index in [-0.39, 0.29) is 11.5 Å². The minimum Gasteiger partial charge on any atom is -0.478 e. The Balaban J connectivity index is 1.95. The molecular weight excluding hydrogens is 306 g/mol. The van der Waals surface area contributed by atoms with Gasteiger partial charge in [0.1, 0.15) is 5.00 Å². The largest absolute Gasteiger partial charge is 0.478 e. The lowest BCUT2D eigenvalue weighted by Gasteiger charge is -2.10. The lowest BCUT2D eigenvalue weighted by Crippen LogP contribution is -2.13. The number of fused-ring (bicyclic) bond motifs is 1. The summed E-state index contributed by atoms with van der Waals surface area (Å²) in [6, 6.07) is 1.89. The van der Waals surface area contributed by atoms with Crippen molar-refractivity contribution in [3.05, 3.63) is 37.9 Å². The van der Waals surface area contributed by atoms with Gasteiger partial charge < -0.3 is 10.4 Å². The molecule has 0 saturated heterocycles. The van der Waals surface area contributed by atoms with Crippen molar-refractivity contribution in [3.63, 3.8) is 0 Å². The first-order valence-electron chi connectivity index (χ1n) is 6.81. The Morgan fingerprint density at radius 3 is 2.71 bits per heavy atom. The summed E-state index contributed by atoms with van der Waals surface area (Å²) in [4.78, 5) is 25.6. The number of carbonyl (C=O) groups is 2. The van der Waals surface area contributed by atoms with Gasteiger partial charge in [0, 0.05) is 4.88 Å². The Kier molecular flexibility index (Phi) is 3.82. The number of anilines is 1. The third kappa shape index (κ3) is 2.61. The van der Waals surface area contributed by atoms with Crippen LogP contribution in [0.3, 0.4) is 0 Å². The van der Waals surface area contributed by atoms with Crippen LogP contribution < -0.4 is 5.32 Å². The number of thiophene rings is 2. The summed E-state index contributed by atoms with van der Waals surface area (Å²) >= 11 is 2.78. The lowest BCUT2D eigenvalue weighted by atomic mass is 9.95. The van der Waals surface area contributed by atoms with E-state index >= 15 is 0 Å². The Morgan fingerprint density at radius 1 is 1.29 bits per heavy atom. The topological polar surface area (TPSA) is 66.4 Å². The predicted octanol–water partition coefficient (Wildman–Crippen LogP) is 3.95. The number of rotatable bonds is 3. The van der Waals surface area contributed by atoms with Crippen LogP contribution in [0.4, 0.5) is 5.00 Å². The van der Waals surface area contributed by atoms with Gasteiger partial charge >= 0.3 is 5.97 Å². The van der Waals surface area contributed by atoms with Crippen LogP contribution in [0.1, 0.15) is 48.9 Å². The zero-order valence-corrected chi connectivity index (χ0v) is 13.2. The van der Waals surface area contributed by atoms with E-state index in [0.717, 1.165) is 41.7 Å². The van der Waals surface area contributed by atoms with Gasteiger partial charge in [0.05, 0.1) is 10.4 Å². The minimum absolute atomic E-state index is 0.219. The molecule has 0 radical (unpaired) electrons. The van der Waals surface area contributed by atoms with E-state index in [1.54, 1.807) is 0 Å². The molecule has 0 unspecified atom stereocenters. The fraction of sp³-hybridized carbons (Fsp3) is 0.333. The molecule has 0 aromatic carbocycles. The average molecular weight is 321 g/mol. The number of carbonyl (C=O) groups excluding carboxylic acids is 1. The van der Waals surface area contributed by atoms with Crippen molar-refractivity contribution in [2.24, 2.45) is 0 Å². The third-order valence-electron chi connectivity index (χ3n) is 3.68. The number of carboxylic acids is 1. The Labute approximate surface area is 130 Å². The maximum absolute atomic E-state index is 12.3. The first-order valence-corrected chi connectivity index (χ1v) is 8.51. The van der Waals surface area contributed by atoms with Crippen molar-refractivity contribution in [2.75, 3.05) is 5.32 Å². The van der Waals surface area contributed by atoms with Crippen LogP contribution in [0.25, 0.3) is 0 Å². The van der Waals surface area contributed by atoms with Crippen molar-refractivity contribution in [3.8, 4) is 0 Å². The smallest absolute Gasteiger partial charge is 0.339 e. The second kappa shape index (κ2) is 5.61. The summed E-state index contributed by atoms with van der Waals surface area (Å²) in [6.45, 7) is 1.88. The zero-order chi connectivity index (χ0) is 15.0. The van der Waals surface area contributed by atoms with E-state index in [0.29, 0.717) is 9.88 Å². The van der Waals surface area contributed by atoms with E-state index in [1.807, 2.05) is 18.4 Å². The lowest BCUT2D eigenvalue weighted by molar-refractivity contribution is 0.0697. The maximum atomic E-state index is 12.3. The molecule has 110 valence electrons. The molecular formula is C15H15NO3S2. The average Bonchev–Trinajstić information content (AvgIpc) is 3.01. The van der Waals surface area contributed by atoms with Gasteiger partial charge in [0.2, 0.25) is 0 Å². The third-order valence-corrected chi connectivity index (χ3v) is 5.90. The Hall–Kier alpha value is -1.66. The molecule has 3 rings (SSSR count). The number of hydrogen-bond acceptors (Lipinski definition) is 4. The van der Waals surface area contributed by atoms with Crippen molar-refractivity contribution >= 4 is 39.6 Å². The maximum Gasteiger partial charge on any atom is 0.339 e. The van der Waals surface area contributed by atoms with Gasteiger partial charge in [-0.1, -0.05) is 0 Å². The van der Waals surface area contributed by atoms with Gasteiger partial charge in [-0.15, -0.1) is 22.7 Å². The summed E-state index contributed by atoms with van der Waals surface area (Å²) < 4.78 is 0. The molecule has 21 heavy (non-hydrogen) atoms. The molecule has 6 heteroatoms. The van der Waals surface area contributed by atoms with E-state index in [9.17, 15) is 14.7 Å². The van der Waals surface area contributed by atoms with E-state index in [1.165, 1.54) is 22.7 Å². The van der Waals surface area contributed by atoms with Crippen LogP contribution in [0, 0.1) is 6.92 Å². The van der Waals surface area contributed by atoms with E-state index in [2.05, 4.69) is 5.32 Å². The summed E-state index contributed by atoms with van der Waals surface area (Å²) in [6.07, 6.45) is 3.81. The normalized spacial score (nSPS) is 13.8. The van der Waals surface area contributed by atoms with Crippen LogP contribution in [0.5, 0.6) is 0 Å². The van der Waals surface area contributed by atoms with E-state index < -0.39 is 5.97 Å². The summed E-state index contributed by atoms with van der Waals surface area (Å²) in [7, 11) is 0. The Morgan fingerprint density at radius 2 is 2.05 bits per heavy atom. The van der Waals surface area contributed by atoms with Gasteiger partial charge in [0.25, 0.3) is 5.91 Å². The van der Waals surface area contributed by atoms with Crippen LogP contribution in [-0.2, 0) is 12.8 Å². The zero-order valence-electron chi connectivity index (χ0n) is 11.6. The molecule has 1 amide bonds. The number of carboxylic acid groups (broad SMARTS) is 1. The molecule has 0 fully saturated rings. The molecule has 0 aliphatic heterocycles. The highest BCUT2D eigenvalue weighted by Crippen LogP contribution is 2.38. The van der Waals surface area contributed by atoms with Crippen molar-refractivity contribution in [1.82, 2.24) is 0 Å². The van der Waals surface area contributed by atoms with Crippen LogP contribution in [0.15, 0.2) is 11.4 Å². The van der Waals surface area contributed by atoms with Gasteiger partial charge in [-0.25, -0.2) is 4.79 Å².